The summed E-state index contributed by atoms with van der Waals surface area (Å²) in [5, 5.41) is 2.73. The molecule has 1 amide bonds. The Morgan fingerprint density at radius 1 is 1.14 bits per heavy atom. The molecule has 148 valence electrons. The molecule has 4 rings (SSSR count). The zero-order chi connectivity index (χ0) is 19.4. The Bertz CT molecular complexity index is 833. The summed E-state index contributed by atoms with van der Waals surface area (Å²) >= 11 is 0. The molecule has 0 bridgehead atoms. The van der Waals surface area contributed by atoms with Crippen molar-refractivity contribution < 1.29 is 18.7 Å². The summed E-state index contributed by atoms with van der Waals surface area (Å²) in [6, 6.07) is 9.40. The second kappa shape index (κ2) is 8.14. The molecule has 1 atom stereocenters. The summed E-state index contributed by atoms with van der Waals surface area (Å²) in [7, 11) is 0. The number of nitrogens with one attached hydrogen (secondary N) is 1. The molecule has 3 heterocycles. The van der Waals surface area contributed by atoms with Gasteiger partial charge in [-0.05, 0) is 54.8 Å². The van der Waals surface area contributed by atoms with Crippen molar-refractivity contribution in [2.45, 2.75) is 31.6 Å². The molecule has 0 radical (unpaired) electrons. The molecule has 2 aliphatic rings. The molecule has 28 heavy (non-hydrogen) atoms. The number of benzene rings is 1. The number of likely N-dealkylation sites (tertiary alicyclic amines) is 1. The number of nitrogens with zero attached hydrogens (tertiary/aromatic N) is 2. The number of hydrogen-bond donors (Lipinski definition) is 1. The number of carbonyl (C=O) groups excluding carboxylic acids is 1. The third-order valence-electron chi connectivity index (χ3n) is 5.14. The SMILES string of the molecule is O=C(NCc1ccncc1)C1(F)CCCN(Cc2ccc3c(c2)OCCO3)C1. The van der Waals surface area contributed by atoms with Gasteiger partial charge in [0.2, 0.25) is 5.67 Å². The summed E-state index contributed by atoms with van der Waals surface area (Å²) in [4.78, 5) is 18.4. The Labute approximate surface area is 163 Å². The number of amides is 1. The van der Waals surface area contributed by atoms with E-state index in [0.29, 0.717) is 32.7 Å². The van der Waals surface area contributed by atoms with E-state index in [-0.39, 0.29) is 13.0 Å². The molecule has 1 fully saturated rings. The highest BCUT2D eigenvalue weighted by Crippen LogP contribution is 2.32. The topological polar surface area (TPSA) is 63.7 Å². The fourth-order valence-corrected chi connectivity index (χ4v) is 3.70. The second-order valence-corrected chi connectivity index (χ2v) is 7.30. The molecule has 1 aromatic heterocycles. The maximum Gasteiger partial charge on any atom is 0.259 e. The average Bonchev–Trinajstić information content (AvgIpc) is 2.73. The molecule has 1 aromatic carbocycles. The van der Waals surface area contributed by atoms with Crippen LogP contribution in [-0.4, -0.2) is 47.8 Å². The lowest BCUT2D eigenvalue weighted by Crippen LogP contribution is -2.53. The fraction of sp³-hybridized carbons (Fsp3) is 0.429. The van der Waals surface area contributed by atoms with Gasteiger partial charge in [-0.2, -0.15) is 0 Å². The maximum atomic E-state index is 15.4. The zero-order valence-corrected chi connectivity index (χ0v) is 15.7. The summed E-state index contributed by atoms with van der Waals surface area (Å²) in [6.07, 6.45) is 4.20. The van der Waals surface area contributed by atoms with Gasteiger partial charge < -0.3 is 14.8 Å². The van der Waals surface area contributed by atoms with Crippen LogP contribution < -0.4 is 14.8 Å². The predicted molar refractivity (Wildman–Crippen MR) is 102 cm³/mol. The standard InChI is InChI=1S/C21H24FN3O3/c22-21(20(26)24-13-16-4-7-23-8-5-16)6-1-9-25(15-21)14-17-2-3-18-19(12-17)28-11-10-27-18/h2-5,7-8,12H,1,6,9-11,13-15H2,(H,24,26). The molecule has 2 aromatic rings. The molecule has 0 spiro atoms. The number of fused-ring (bicyclic) bond motifs is 1. The monoisotopic (exact) mass is 385 g/mol. The number of aromatic nitrogens is 1. The van der Waals surface area contributed by atoms with Crippen molar-refractivity contribution in [1.29, 1.82) is 0 Å². The van der Waals surface area contributed by atoms with E-state index < -0.39 is 11.6 Å². The van der Waals surface area contributed by atoms with E-state index in [1.165, 1.54) is 0 Å². The summed E-state index contributed by atoms with van der Waals surface area (Å²) in [6.45, 7) is 2.80. The molecule has 2 aliphatic heterocycles. The first-order chi connectivity index (χ1) is 13.6. The normalized spacial score (nSPS) is 21.9. The molecule has 1 saturated heterocycles. The summed E-state index contributed by atoms with van der Waals surface area (Å²) in [5.74, 6) is 0.919. The second-order valence-electron chi connectivity index (χ2n) is 7.30. The quantitative estimate of drug-likeness (QED) is 0.857. The van der Waals surface area contributed by atoms with Gasteiger partial charge in [0.15, 0.2) is 11.5 Å². The largest absolute Gasteiger partial charge is 0.486 e. The first kappa shape index (κ1) is 18.7. The van der Waals surface area contributed by atoms with Crippen molar-refractivity contribution >= 4 is 5.91 Å². The van der Waals surface area contributed by atoms with E-state index in [4.69, 9.17) is 9.47 Å². The lowest BCUT2D eigenvalue weighted by molar-refractivity contribution is -0.137. The minimum absolute atomic E-state index is 0.0869. The van der Waals surface area contributed by atoms with Crippen LogP contribution in [0.15, 0.2) is 42.7 Å². The van der Waals surface area contributed by atoms with Gasteiger partial charge in [0, 0.05) is 32.0 Å². The number of carbonyl (C=O) groups is 1. The van der Waals surface area contributed by atoms with E-state index in [1.807, 2.05) is 23.1 Å². The van der Waals surface area contributed by atoms with E-state index in [9.17, 15) is 4.79 Å². The van der Waals surface area contributed by atoms with Crippen molar-refractivity contribution in [3.8, 4) is 11.5 Å². The molecule has 0 saturated carbocycles. The van der Waals surface area contributed by atoms with Crippen LogP contribution in [0.5, 0.6) is 11.5 Å². The number of halogens is 1. The highest BCUT2D eigenvalue weighted by Gasteiger charge is 2.42. The molecule has 1 N–H and O–H groups in total. The molecule has 6 nitrogen and oxygen atoms in total. The third kappa shape index (κ3) is 4.25. The first-order valence-electron chi connectivity index (χ1n) is 9.59. The number of ether oxygens (including phenoxy) is 2. The van der Waals surface area contributed by atoms with Gasteiger partial charge in [-0.15, -0.1) is 0 Å². The smallest absolute Gasteiger partial charge is 0.259 e. The van der Waals surface area contributed by atoms with Crippen LogP contribution in [0.1, 0.15) is 24.0 Å². The van der Waals surface area contributed by atoms with Crippen LogP contribution in [0.4, 0.5) is 4.39 Å². The number of piperidine rings is 1. The van der Waals surface area contributed by atoms with Crippen molar-refractivity contribution in [2.24, 2.45) is 0 Å². The zero-order valence-electron chi connectivity index (χ0n) is 15.7. The van der Waals surface area contributed by atoms with Gasteiger partial charge in [-0.3, -0.25) is 14.7 Å². The number of hydrogen-bond acceptors (Lipinski definition) is 5. The highest BCUT2D eigenvalue weighted by molar-refractivity contribution is 5.85. The lowest BCUT2D eigenvalue weighted by Gasteiger charge is -2.36. The Balaban J connectivity index is 1.37. The van der Waals surface area contributed by atoms with Crippen LogP contribution in [0, 0.1) is 0 Å². The Kier molecular flexibility index (Phi) is 5.43. The predicted octanol–water partition coefficient (Wildman–Crippen LogP) is 2.47. The number of pyridine rings is 1. The molecule has 0 aliphatic carbocycles. The Hall–Kier alpha value is -2.67. The van der Waals surface area contributed by atoms with Crippen LogP contribution >= 0.6 is 0 Å². The minimum Gasteiger partial charge on any atom is -0.486 e. The molecular weight excluding hydrogens is 361 g/mol. The number of rotatable bonds is 5. The van der Waals surface area contributed by atoms with Crippen LogP contribution in [-0.2, 0) is 17.9 Å². The van der Waals surface area contributed by atoms with Crippen LogP contribution in [0.25, 0.3) is 0 Å². The van der Waals surface area contributed by atoms with Gasteiger partial charge in [0.05, 0.1) is 0 Å². The highest BCUT2D eigenvalue weighted by atomic mass is 19.1. The van der Waals surface area contributed by atoms with Gasteiger partial charge in [0.25, 0.3) is 5.91 Å². The van der Waals surface area contributed by atoms with Gasteiger partial charge in [-0.25, -0.2) is 4.39 Å². The Morgan fingerprint density at radius 3 is 2.75 bits per heavy atom. The van der Waals surface area contributed by atoms with E-state index in [1.54, 1.807) is 24.5 Å². The summed E-state index contributed by atoms with van der Waals surface area (Å²) < 4.78 is 26.5. The third-order valence-corrected chi connectivity index (χ3v) is 5.14. The van der Waals surface area contributed by atoms with Crippen LogP contribution in [0.2, 0.25) is 0 Å². The molecule has 7 heteroatoms. The summed E-state index contributed by atoms with van der Waals surface area (Å²) in [5.41, 5.74) is 0.0422. The van der Waals surface area contributed by atoms with Crippen LogP contribution in [0.3, 0.4) is 0 Å². The molecular formula is C21H24FN3O3. The van der Waals surface area contributed by atoms with Gasteiger partial charge >= 0.3 is 0 Å². The number of alkyl halides is 1. The molecule has 1 unspecified atom stereocenters. The fourth-order valence-electron chi connectivity index (χ4n) is 3.70. The van der Waals surface area contributed by atoms with E-state index in [2.05, 4.69) is 10.3 Å². The van der Waals surface area contributed by atoms with E-state index in [0.717, 1.165) is 29.2 Å². The minimum atomic E-state index is -1.88. The van der Waals surface area contributed by atoms with Crippen molar-refractivity contribution in [3.05, 3.63) is 53.9 Å². The van der Waals surface area contributed by atoms with Gasteiger partial charge in [0.1, 0.15) is 13.2 Å². The maximum absolute atomic E-state index is 15.4. The van der Waals surface area contributed by atoms with Crippen molar-refractivity contribution in [2.75, 3.05) is 26.3 Å². The van der Waals surface area contributed by atoms with Gasteiger partial charge in [-0.1, -0.05) is 6.07 Å². The first-order valence-corrected chi connectivity index (χ1v) is 9.59. The Morgan fingerprint density at radius 2 is 1.93 bits per heavy atom. The van der Waals surface area contributed by atoms with E-state index >= 15 is 4.39 Å². The average molecular weight is 385 g/mol. The van der Waals surface area contributed by atoms with Crippen molar-refractivity contribution in [3.63, 3.8) is 0 Å². The lowest BCUT2D eigenvalue weighted by atomic mass is 9.93. The van der Waals surface area contributed by atoms with Crippen molar-refractivity contribution in [1.82, 2.24) is 15.2 Å².